The average molecular weight is 166 g/mol. The summed E-state index contributed by atoms with van der Waals surface area (Å²) in [5.74, 6) is -2.75. The van der Waals surface area contributed by atoms with Crippen LogP contribution < -0.4 is 5.11 Å². The number of rotatable bonds is 2. The summed E-state index contributed by atoms with van der Waals surface area (Å²) in [6.45, 7) is 0. The first-order chi connectivity index (χ1) is 5.61. The van der Waals surface area contributed by atoms with Crippen LogP contribution in [0, 0.1) is 0 Å². The van der Waals surface area contributed by atoms with Crippen LogP contribution in [0.4, 0.5) is 0 Å². The third-order valence-corrected chi connectivity index (χ3v) is 1.18. The summed E-state index contributed by atoms with van der Waals surface area (Å²) in [4.78, 5) is 23.8. The maximum atomic E-state index is 10.3. The van der Waals surface area contributed by atoms with Crippen molar-refractivity contribution in [2.75, 3.05) is 0 Å². The van der Waals surface area contributed by atoms with E-state index in [-0.39, 0.29) is 11.4 Å². The summed E-state index contributed by atoms with van der Waals surface area (Å²) in [6.07, 6.45) is 0. The molecule has 62 valence electrons. The molecule has 0 radical (unpaired) electrons. The Morgan fingerprint density at radius 2 is 1.92 bits per heavy atom. The average Bonchev–Trinajstić information content (AvgIpc) is 2.04. The van der Waals surface area contributed by atoms with Crippen LogP contribution in [0.3, 0.4) is 0 Å². The zero-order valence-corrected chi connectivity index (χ0v) is 5.85. The van der Waals surface area contributed by atoms with E-state index in [0.717, 1.165) is 0 Å². The number of hydrogen-bond acceptors (Lipinski definition) is 4. The quantitative estimate of drug-likeness (QED) is 0.617. The lowest BCUT2D eigenvalue weighted by molar-refractivity contribution is -0.255. The number of carbonyl (C=O) groups excluding carboxylic acids is 1. The Morgan fingerprint density at radius 3 is 2.42 bits per heavy atom. The van der Waals surface area contributed by atoms with Crippen LogP contribution in [-0.4, -0.2) is 22.0 Å². The number of pyridine rings is 1. The topological polar surface area (TPSA) is 90.3 Å². The highest BCUT2D eigenvalue weighted by Gasteiger charge is 2.04. The summed E-state index contributed by atoms with van der Waals surface area (Å²) in [6, 6.07) is 3.66. The molecule has 5 nitrogen and oxygen atoms in total. The van der Waals surface area contributed by atoms with E-state index in [2.05, 4.69) is 4.98 Å². The van der Waals surface area contributed by atoms with Crippen LogP contribution in [0.5, 0.6) is 0 Å². The molecule has 0 aliphatic heterocycles. The van der Waals surface area contributed by atoms with Crippen molar-refractivity contribution < 1.29 is 19.8 Å². The van der Waals surface area contributed by atoms with Gasteiger partial charge < -0.3 is 15.0 Å². The van der Waals surface area contributed by atoms with Gasteiger partial charge in [-0.3, -0.25) is 0 Å². The number of aromatic carboxylic acids is 2. The molecule has 0 aliphatic carbocycles. The minimum absolute atomic E-state index is 0.309. The lowest BCUT2D eigenvalue weighted by Gasteiger charge is -2.00. The largest absolute Gasteiger partial charge is 0.543 e. The van der Waals surface area contributed by atoms with Crippen molar-refractivity contribution in [2.24, 2.45) is 0 Å². The van der Waals surface area contributed by atoms with Crippen molar-refractivity contribution in [1.29, 1.82) is 0 Å². The van der Waals surface area contributed by atoms with Gasteiger partial charge in [-0.05, 0) is 12.1 Å². The number of nitrogens with zero attached hydrogens (tertiary/aromatic N) is 1. The molecule has 0 saturated heterocycles. The fraction of sp³-hybridized carbons (Fsp3) is 0. The zero-order chi connectivity index (χ0) is 9.14. The predicted molar refractivity (Wildman–Crippen MR) is 35.5 cm³/mol. The molecule has 0 atom stereocenters. The predicted octanol–water partition coefficient (Wildman–Crippen LogP) is -0.857. The molecule has 1 heterocycles. The first-order valence-electron chi connectivity index (χ1n) is 3.03. The molecule has 0 spiro atoms. The number of carboxylic acids is 2. The molecule has 0 fully saturated rings. The Kier molecular flexibility index (Phi) is 2.05. The number of carboxylic acid groups (broad SMARTS) is 2. The zero-order valence-electron chi connectivity index (χ0n) is 5.85. The second-order valence-corrected chi connectivity index (χ2v) is 2.00. The Bertz CT molecular complexity index is 305. The van der Waals surface area contributed by atoms with E-state index >= 15 is 0 Å². The fourth-order valence-corrected chi connectivity index (χ4v) is 0.668. The molecule has 1 aromatic heterocycles. The molecule has 0 aliphatic rings. The minimum Gasteiger partial charge on any atom is -0.543 e. The molecule has 0 unspecified atom stereocenters. The van der Waals surface area contributed by atoms with Crippen LogP contribution in [0.1, 0.15) is 21.0 Å². The van der Waals surface area contributed by atoms with E-state index in [4.69, 9.17) is 5.11 Å². The van der Waals surface area contributed by atoms with Gasteiger partial charge in [0.2, 0.25) is 0 Å². The first-order valence-corrected chi connectivity index (χ1v) is 3.03. The molecule has 1 rings (SSSR count). The number of carbonyl (C=O) groups is 2. The normalized spacial score (nSPS) is 9.33. The van der Waals surface area contributed by atoms with Crippen LogP contribution in [-0.2, 0) is 0 Å². The van der Waals surface area contributed by atoms with Gasteiger partial charge >= 0.3 is 5.97 Å². The van der Waals surface area contributed by atoms with Gasteiger partial charge in [0.25, 0.3) is 0 Å². The lowest BCUT2D eigenvalue weighted by Crippen LogP contribution is -2.24. The van der Waals surface area contributed by atoms with Gasteiger partial charge in [-0.1, -0.05) is 6.07 Å². The molecular weight excluding hydrogens is 162 g/mol. The highest BCUT2D eigenvalue weighted by molar-refractivity contribution is 5.88. The van der Waals surface area contributed by atoms with E-state index in [1.807, 2.05) is 0 Å². The molecule has 0 amide bonds. The number of aromatic nitrogens is 1. The van der Waals surface area contributed by atoms with E-state index in [9.17, 15) is 14.7 Å². The second-order valence-electron chi connectivity index (χ2n) is 2.00. The Labute approximate surface area is 67.3 Å². The van der Waals surface area contributed by atoms with Crippen LogP contribution >= 0.6 is 0 Å². The van der Waals surface area contributed by atoms with Crippen molar-refractivity contribution in [3.8, 4) is 0 Å². The maximum absolute atomic E-state index is 10.3. The van der Waals surface area contributed by atoms with Gasteiger partial charge in [0, 0.05) is 0 Å². The summed E-state index contributed by atoms with van der Waals surface area (Å²) in [5, 5.41) is 18.6. The van der Waals surface area contributed by atoms with Gasteiger partial charge in [0.1, 0.15) is 5.69 Å². The molecule has 0 saturated carbocycles. The summed E-state index contributed by atoms with van der Waals surface area (Å²) < 4.78 is 0. The van der Waals surface area contributed by atoms with Crippen LogP contribution in [0.15, 0.2) is 18.2 Å². The molecular formula is C7H4NO4-. The molecule has 0 bridgehead atoms. The van der Waals surface area contributed by atoms with Crippen molar-refractivity contribution in [3.63, 3.8) is 0 Å². The van der Waals surface area contributed by atoms with E-state index in [0.29, 0.717) is 0 Å². The lowest BCUT2D eigenvalue weighted by atomic mass is 10.3. The maximum Gasteiger partial charge on any atom is 0.354 e. The van der Waals surface area contributed by atoms with Crippen molar-refractivity contribution >= 4 is 11.9 Å². The first kappa shape index (κ1) is 8.19. The molecule has 0 aromatic carbocycles. The Balaban J connectivity index is 3.12. The monoisotopic (exact) mass is 166 g/mol. The van der Waals surface area contributed by atoms with Gasteiger partial charge in [0.15, 0.2) is 0 Å². The third kappa shape index (κ3) is 1.57. The molecule has 1 aromatic rings. The minimum atomic E-state index is -1.49. The van der Waals surface area contributed by atoms with Crippen LogP contribution in [0.2, 0.25) is 0 Å². The standard InChI is InChI=1S/C7H5NO4/c9-6(10)4-2-1-3-5(8-4)7(11)12/h1-3H,(H,9,10)(H,11,12)/p-1. The molecule has 1 N–H and O–H groups in total. The summed E-state index contributed by atoms with van der Waals surface area (Å²) >= 11 is 0. The SMILES string of the molecule is O=C([O-])c1cccc(C(=O)O)n1. The van der Waals surface area contributed by atoms with Crippen LogP contribution in [0.25, 0.3) is 0 Å². The van der Waals surface area contributed by atoms with Crippen molar-refractivity contribution in [3.05, 3.63) is 29.6 Å². The highest BCUT2D eigenvalue weighted by Crippen LogP contribution is 1.97. The van der Waals surface area contributed by atoms with Gasteiger partial charge in [0.05, 0.1) is 11.7 Å². The number of hydrogen-bond donors (Lipinski definition) is 1. The van der Waals surface area contributed by atoms with E-state index < -0.39 is 11.9 Å². The van der Waals surface area contributed by atoms with Gasteiger partial charge in [-0.2, -0.15) is 0 Å². The third-order valence-electron chi connectivity index (χ3n) is 1.18. The molecule has 12 heavy (non-hydrogen) atoms. The van der Waals surface area contributed by atoms with Gasteiger partial charge in [-0.25, -0.2) is 9.78 Å². The Morgan fingerprint density at radius 1 is 1.33 bits per heavy atom. The fourth-order valence-electron chi connectivity index (χ4n) is 0.668. The van der Waals surface area contributed by atoms with Crippen molar-refractivity contribution in [1.82, 2.24) is 4.98 Å². The van der Waals surface area contributed by atoms with E-state index in [1.165, 1.54) is 18.2 Å². The summed E-state index contributed by atoms with van der Waals surface area (Å²) in [5.41, 5.74) is -0.688. The second kappa shape index (κ2) is 3.00. The van der Waals surface area contributed by atoms with Gasteiger partial charge in [-0.15, -0.1) is 0 Å². The smallest absolute Gasteiger partial charge is 0.354 e. The summed E-state index contributed by atoms with van der Waals surface area (Å²) in [7, 11) is 0. The Hall–Kier alpha value is -1.91. The van der Waals surface area contributed by atoms with Crippen molar-refractivity contribution in [2.45, 2.75) is 0 Å². The highest BCUT2D eigenvalue weighted by atomic mass is 16.4. The van der Waals surface area contributed by atoms with E-state index in [1.54, 1.807) is 0 Å². The molecule has 5 heteroatoms.